The molecule has 0 fully saturated rings. The van der Waals surface area contributed by atoms with Crippen LogP contribution in [0.1, 0.15) is 19.4 Å². The average Bonchev–Trinajstić information content (AvgIpc) is 2.77. The van der Waals surface area contributed by atoms with Crippen LogP contribution in [0.25, 0.3) is 21.5 Å². The van der Waals surface area contributed by atoms with Gasteiger partial charge in [0.1, 0.15) is 6.04 Å². The van der Waals surface area contributed by atoms with Gasteiger partial charge in [-0.2, -0.15) is 0 Å². The smallest absolute Gasteiger partial charge is 0.239 e. The summed E-state index contributed by atoms with van der Waals surface area (Å²) in [5, 5.41) is 4.92. The number of primary amides is 1. The fraction of sp³-hybridized carbons (Fsp3) is 0.222. The number of anilines is 1. The molecule has 0 radical (unpaired) electrons. The Bertz CT molecular complexity index is 1180. The van der Waals surface area contributed by atoms with E-state index in [4.69, 9.17) is 5.73 Å². The van der Waals surface area contributed by atoms with Gasteiger partial charge in [0, 0.05) is 12.2 Å². The van der Waals surface area contributed by atoms with Crippen LogP contribution in [0, 0.1) is 5.92 Å². The Morgan fingerprint density at radius 1 is 0.833 bits per heavy atom. The van der Waals surface area contributed by atoms with Gasteiger partial charge in [-0.15, -0.1) is 0 Å². The molecule has 4 aromatic rings. The molecule has 2 unspecified atom stereocenters. The van der Waals surface area contributed by atoms with Gasteiger partial charge in [0.15, 0.2) is 0 Å². The molecule has 0 saturated carbocycles. The second-order valence-corrected chi connectivity index (χ2v) is 8.21. The Balaban J connectivity index is 1.61. The van der Waals surface area contributed by atoms with Crippen LogP contribution >= 0.6 is 0 Å². The van der Waals surface area contributed by atoms with Gasteiger partial charge in [-0.3, -0.25) is 4.79 Å². The highest BCUT2D eigenvalue weighted by Gasteiger charge is 2.22. The molecule has 0 aromatic heterocycles. The molecule has 30 heavy (non-hydrogen) atoms. The summed E-state index contributed by atoms with van der Waals surface area (Å²) >= 11 is 0. The monoisotopic (exact) mass is 396 g/mol. The van der Waals surface area contributed by atoms with Gasteiger partial charge in [0.05, 0.1) is 0 Å². The lowest BCUT2D eigenvalue weighted by molar-refractivity contribution is -0.119. The Hall–Kier alpha value is -3.33. The largest absolute Gasteiger partial charge is 0.368 e. The number of nitrogens with zero attached hydrogens (tertiary/aromatic N) is 1. The summed E-state index contributed by atoms with van der Waals surface area (Å²) in [6, 6.07) is 29.2. The minimum absolute atomic E-state index is 0.305. The van der Waals surface area contributed by atoms with Gasteiger partial charge in [0.25, 0.3) is 0 Å². The first-order valence-corrected chi connectivity index (χ1v) is 10.5. The quantitative estimate of drug-likeness (QED) is 0.445. The molecule has 0 aliphatic rings. The van der Waals surface area contributed by atoms with Crippen LogP contribution in [0.4, 0.5) is 5.69 Å². The Labute approximate surface area is 178 Å². The van der Waals surface area contributed by atoms with Gasteiger partial charge in [-0.1, -0.05) is 79.7 Å². The Morgan fingerprint density at radius 2 is 1.50 bits per heavy atom. The van der Waals surface area contributed by atoms with Crippen molar-refractivity contribution in [2.24, 2.45) is 11.7 Å². The zero-order valence-corrected chi connectivity index (χ0v) is 17.6. The van der Waals surface area contributed by atoms with Gasteiger partial charge in [-0.25, -0.2) is 0 Å². The fourth-order valence-electron chi connectivity index (χ4n) is 4.24. The first-order chi connectivity index (χ1) is 14.5. The van der Waals surface area contributed by atoms with Crippen LogP contribution in [-0.2, 0) is 11.2 Å². The summed E-state index contributed by atoms with van der Waals surface area (Å²) in [6.45, 7) is 4.89. The van der Waals surface area contributed by atoms with Crippen molar-refractivity contribution < 1.29 is 4.79 Å². The van der Waals surface area contributed by atoms with E-state index in [0.29, 0.717) is 5.92 Å². The molecule has 2 atom stereocenters. The van der Waals surface area contributed by atoms with E-state index in [9.17, 15) is 4.79 Å². The highest BCUT2D eigenvalue weighted by Crippen LogP contribution is 2.26. The van der Waals surface area contributed by atoms with E-state index in [1.54, 1.807) is 0 Å². The zero-order valence-electron chi connectivity index (χ0n) is 17.6. The lowest BCUT2D eigenvalue weighted by atomic mass is 9.95. The number of hydrogen-bond acceptors (Lipinski definition) is 2. The van der Waals surface area contributed by atoms with Crippen molar-refractivity contribution in [1.82, 2.24) is 0 Å². The highest BCUT2D eigenvalue weighted by molar-refractivity contribution is 5.88. The third kappa shape index (κ3) is 4.16. The lowest BCUT2D eigenvalue weighted by Crippen LogP contribution is -2.45. The van der Waals surface area contributed by atoms with Crippen LogP contribution in [0.2, 0.25) is 0 Å². The van der Waals surface area contributed by atoms with Crippen molar-refractivity contribution in [2.45, 2.75) is 26.3 Å². The van der Waals surface area contributed by atoms with E-state index >= 15 is 0 Å². The zero-order chi connectivity index (χ0) is 21.1. The molecule has 3 heteroatoms. The molecule has 0 bridgehead atoms. The first kappa shape index (κ1) is 20.0. The minimum atomic E-state index is -0.374. The number of rotatable bonds is 7. The SMILES string of the molecule is CC(Cc1cccc2ccccc12)CN(c1ccc2ccccc2c1)C(C)C(N)=O. The van der Waals surface area contributed by atoms with Crippen molar-refractivity contribution in [3.8, 4) is 0 Å². The van der Waals surface area contributed by atoms with Crippen LogP contribution in [0.3, 0.4) is 0 Å². The molecule has 0 saturated heterocycles. The molecule has 0 aliphatic carbocycles. The number of carbonyl (C=O) groups is 1. The predicted octanol–water partition coefficient (Wildman–Crippen LogP) is 5.55. The molecular weight excluding hydrogens is 368 g/mol. The first-order valence-electron chi connectivity index (χ1n) is 10.5. The van der Waals surface area contributed by atoms with Crippen molar-refractivity contribution in [2.75, 3.05) is 11.4 Å². The fourth-order valence-corrected chi connectivity index (χ4v) is 4.24. The second kappa shape index (κ2) is 8.58. The maximum Gasteiger partial charge on any atom is 0.239 e. The number of carbonyl (C=O) groups excluding carboxylic acids is 1. The molecule has 3 nitrogen and oxygen atoms in total. The van der Waals surface area contributed by atoms with Crippen LogP contribution in [0.15, 0.2) is 84.9 Å². The van der Waals surface area contributed by atoms with Crippen molar-refractivity contribution in [3.05, 3.63) is 90.5 Å². The molecular formula is C27H28N2O. The van der Waals surface area contributed by atoms with Crippen LogP contribution < -0.4 is 10.6 Å². The van der Waals surface area contributed by atoms with E-state index in [0.717, 1.165) is 18.7 Å². The lowest BCUT2D eigenvalue weighted by Gasteiger charge is -2.32. The van der Waals surface area contributed by atoms with Gasteiger partial charge >= 0.3 is 0 Å². The van der Waals surface area contributed by atoms with E-state index in [1.807, 2.05) is 19.1 Å². The topological polar surface area (TPSA) is 46.3 Å². The summed E-state index contributed by atoms with van der Waals surface area (Å²) in [4.78, 5) is 14.2. The van der Waals surface area contributed by atoms with E-state index in [-0.39, 0.29) is 11.9 Å². The van der Waals surface area contributed by atoms with Gasteiger partial charge < -0.3 is 10.6 Å². The van der Waals surface area contributed by atoms with Crippen molar-refractivity contribution in [1.29, 1.82) is 0 Å². The maximum absolute atomic E-state index is 12.1. The molecule has 2 N–H and O–H groups in total. The number of benzene rings is 4. The molecule has 0 heterocycles. The summed E-state index contributed by atoms with van der Waals surface area (Å²) in [6.07, 6.45) is 0.941. The normalized spacial score (nSPS) is 13.3. The number of hydrogen-bond donors (Lipinski definition) is 1. The molecule has 0 spiro atoms. The van der Waals surface area contributed by atoms with E-state index in [1.165, 1.54) is 27.1 Å². The molecule has 4 aromatic carbocycles. The molecule has 152 valence electrons. The third-order valence-corrected chi connectivity index (χ3v) is 5.90. The standard InChI is InChI=1S/C27H28N2O/c1-19(16-24-12-7-11-22-9-5-6-13-26(22)24)18-29(20(2)27(28)30)25-15-14-21-8-3-4-10-23(21)17-25/h3-15,17,19-20H,16,18H2,1-2H3,(H2,28,30). The number of fused-ring (bicyclic) bond motifs is 2. The van der Waals surface area contributed by atoms with E-state index in [2.05, 4.69) is 84.6 Å². The predicted molar refractivity (Wildman–Crippen MR) is 127 cm³/mol. The average molecular weight is 397 g/mol. The summed E-state index contributed by atoms with van der Waals surface area (Å²) in [5.41, 5.74) is 8.08. The molecule has 4 rings (SSSR count). The molecule has 0 aliphatic heterocycles. The van der Waals surface area contributed by atoms with Crippen molar-refractivity contribution in [3.63, 3.8) is 0 Å². The highest BCUT2D eigenvalue weighted by atomic mass is 16.1. The Morgan fingerprint density at radius 3 is 2.27 bits per heavy atom. The summed E-state index contributed by atoms with van der Waals surface area (Å²) < 4.78 is 0. The van der Waals surface area contributed by atoms with Gasteiger partial charge in [0.2, 0.25) is 5.91 Å². The van der Waals surface area contributed by atoms with Crippen molar-refractivity contribution >= 4 is 33.1 Å². The number of nitrogens with two attached hydrogens (primary N) is 1. The van der Waals surface area contributed by atoms with Crippen LogP contribution in [0.5, 0.6) is 0 Å². The minimum Gasteiger partial charge on any atom is -0.368 e. The Kier molecular flexibility index (Phi) is 5.71. The van der Waals surface area contributed by atoms with Crippen LogP contribution in [-0.4, -0.2) is 18.5 Å². The maximum atomic E-state index is 12.1. The molecule has 1 amide bonds. The summed E-state index contributed by atoms with van der Waals surface area (Å²) in [7, 11) is 0. The van der Waals surface area contributed by atoms with E-state index < -0.39 is 0 Å². The number of amides is 1. The summed E-state index contributed by atoms with van der Waals surface area (Å²) in [5.74, 6) is 0.0459. The second-order valence-electron chi connectivity index (χ2n) is 8.21. The third-order valence-electron chi connectivity index (χ3n) is 5.90. The van der Waals surface area contributed by atoms with Gasteiger partial charge in [-0.05, 0) is 58.5 Å².